The van der Waals surface area contributed by atoms with Crippen LogP contribution in [0.5, 0.6) is 5.75 Å². The lowest BCUT2D eigenvalue weighted by Gasteiger charge is -2.04. The quantitative estimate of drug-likeness (QED) is 0.495. The van der Waals surface area contributed by atoms with Crippen LogP contribution in [-0.2, 0) is 16.7 Å². The lowest BCUT2D eigenvalue weighted by Crippen LogP contribution is -2.03. The van der Waals surface area contributed by atoms with E-state index in [0.29, 0.717) is 15.3 Å². The van der Waals surface area contributed by atoms with Gasteiger partial charge in [0, 0.05) is 5.56 Å². The van der Waals surface area contributed by atoms with E-state index in [-0.39, 0.29) is 11.3 Å². The second kappa shape index (κ2) is 5.71. The van der Waals surface area contributed by atoms with Gasteiger partial charge in [0.15, 0.2) is 0 Å². The second-order valence-electron chi connectivity index (χ2n) is 4.70. The van der Waals surface area contributed by atoms with Crippen molar-refractivity contribution in [3.63, 3.8) is 0 Å². The molecule has 0 aliphatic rings. The summed E-state index contributed by atoms with van der Waals surface area (Å²) < 4.78 is 76.0. The van der Waals surface area contributed by atoms with Gasteiger partial charge >= 0.3 is 16.7 Å². The summed E-state index contributed by atoms with van der Waals surface area (Å²) in [5.41, 5.74) is -0.0476. The first kappa shape index (κ1) is 16.7. The highest BCUT2D eigenvalue weighted by Gasteiger charge is 2.30. The average molecular weight is 377 g/mol. The van der Waals surface area contributed by atoms with E-state index in [2.05, 4.69) is 9.17 Å². The van der Waals surface area contributed by atoms with Crippen molar-refractivity contribution in [2.75, 3.05) is 0 Å². The third-order valence-electron chi connectivity index (χ3n) is 3.01. The zero-order valence-corrected chi connectivity index (χ0v) is 13.2. The predicted octanol–water partition coefficient (Wildman–Crippen LogP) is 4.58. The molecule has 10 heteroatoms. The number of alkyl halides is 3. The van der Waals surface area contributed by atoms with Crippen LogP contribution in [0.2, 0.25) is 0 Å². The van der Waals surface area contributed by atoms with Crippen molar-refractivity contribution < 1.29 is 29.7 Å². The van der Waals surface area contributed by atoms with Crippen LogP contribution in [0.3, 0.4) is 0 Å². The molecular formula is C14H7F4NO3S2. The number of nitrogens with zero attached hydrogens (tertiary/aromatic N) is 1. The number of benzene rings is 2. The van der Waals surface area contributed by atoms with Crippen LogP contribution >= 0.6 is 11.3 Å². The SMILES string of the molecule is O=S(=O)(F)Oc1ccc(-c2nc3cc(C(F)(F)F)ccc3s2)cc1. The molecule has 4 nitrogen and oxygen atoms in total. The number of rotatable bonds is 3. The molecule has 0 atom stereocenters. The minimum Gasteiger partial charge on any atom is -0.358 e. The van der Waals surface area contributed by atoms with Crippen molar-refractivity contribution in [1.29, 1.82) is 0 Å². The van der Waals surface area contributed by atoms with Gasteiger partial charge < -0.3 is 4.18 Å². The minimum absolute atomic E-state index is 0.205. The average Bonchev–Trinajstić information content (AvgIpc) is 2.88. The first-order valence-corrected chi connectivity index (χ1v) is 8.47. The maximum atomic E-state index is 12.7. The molecule has 0 amide bonds. The van der Waals surface area contributed by atoms with Crippen LogP contribution in [-0.4, -0.2) is 13.4 Å². The number of halogens is 4. The third-order valence-corrected chi connectivity index (χ3v) is 4.49. The Hall–Kier alpha value is -2.20. The fraction of sp³-hybridized carbons (Fsp3) is 0.0714. The number of hydrogen-bond acceptors (Lipinski definition) is 5. The van der Waals surface area contributed by atoms with E-state index in [9.17, 15) is 25.5 Å². The molecule has 0 bridgehead atoms. The van der Waals surface area contributed by atoms with Crippen molar-refractivity contribution in [2.45, 2.75) is 6.18 Å². The Kier molecular flexibility index (Phi) is 3.96. The molecule has 3 aromatic rings. The van der Waals surface area contributed by atoms with Crippen molar-refractivity contribution in [1.82, 2.24) is 4.98 Å². The standard InChI is InChI=1S/C14H7F4NO3S2/c15-14(16,17)9-3-6-12-11(7-9)19-13(23-12)8-1-4-10(5-2-8)22-24(18,20)21/h1-7H. The van der Waals surface area contributed by atoms with E-state index in [1.165, 1.54) is 41.7 Å². The van der Waals surface area contributed by atoms with Gasteiger partial charge in [0.2, 0.25) is 0 Å². The molecule has 0 radical (unpaired) electrons. The maximum absolute atomic E-state index is 12.7. The molecule has 0 saturated carbocycles. The van der Waals surface area contributed by atoms with Gasteiger partial charge in [-0.05, 0) is 42.5 Å². The normalized spacial score (nSPS) is 12.5. The van der Waals surface area contributed by atoms with Crippen LogP contribution in [0.1, 0.15) is 5.56 Å². The van der Waals surface area contributed by atoms with Crippen LogP contribution < -0.4 is 4.18 Å². The molecule has 0 saturated heterocycles. The molecule has 1 heterocycles. The Morgan fingerprint density at radius 2 is 1.71 bits per heavy atom. The molecule has 2 aromatic carbocycles. The van der Waals surface area contributed by atoms with Gasteiger partial charge in [0.05, 0.1) is 15.8 Å². The topological polar surface area (TPSA) is 56.3 Å². The molecule has 0 aliphatic carbocycles. The molecule has 0 N–H and O–H groups in total. The monoisotopic (exact) mass is 377 g/mol. The lowest BCUT2D eigenvalue weighted by atomic mass is 10.2. The first-order chi connectivity index (χ1) is 11.1. The lowest BCUT2D eigenvalue weighted by molar-refractivity contribution is -0.137. The molecule has 126 valence electrons. The Morgan fingerprint density at radius 1 is 1.04 bits per heavy atom. The van der Waals surface area contributed by atoms with Crippen molar-refractivity contribution in [2.24, 2.45) is 0 Å². The van der Waals surface area contributed by atoms with Gasteiger partial charge in [-0.15, -0.1) is 11.3 Å². The fourth-order valence-corrected chi connectivity index (χ4v) is 3.29. The zero-order valence-electron chi connectivity index (χ0n) is 11.5. The van der Waals surface area contributed by atoms with Crippen molar-refractivity contribution in [3.8, 4) is 16.3 Å². The van der Waals surface area contributed by atoms with Crippen LogP contribution in [0.4, 0.5) is 17.1 Å². The summed E-state index contributed by atoms with van der Waals surface area (Å²) in [5.74, 6) is -0.221. The summed E-state index contributed by atoms with van der Waals surface area (Å²) in [5, 5.41) is 0.444. The van der Waals surface area contributed by atoms with Gasteiger partial charge in [-0.1, -0.05) is 3.89 Å². The second-order valence-corrected chi connectivity index (χ2v) is 6.68. The highest BCUT2D eigenvalue weighted by atomic mass is 32.3. The summed E-state index contributed by atoms with van der Waals surface area (Å²) in [6.07, 6.45) is -4.45. The van der Waals surface area contributed by atoms with E-state index in [4.69, 9.17) is 0 Å². The minimum atomic E-state index is -5.11. The Bertz CT molecular complexity index is 995. The Labute approximate surface area is 137 Å². The highest BCUT2D eigenvalue weighted by molar-refractivity contribution is 7.81. The van der Waals surface area contributed by atoms with E-state index in [0.717, 1.165) is 12.1 Å². The zero-order chi connectivity index (χ0) is 17.5. The first-order valence-electron chi connectivity index (χ1n) is 6.34. The molecule has 24 heavy (non-hydrogen) atoms. The summed E-state index contributed by atoms with van der Waals surface area (Å²) in [7, 11) is -5.11. The molecule has 0 aliphatic heterocycles. The third kappa shape index (κ3) is 3.65. The molecular weight excluding hydrogens is 370 g/mol. The number of thiazole rings is 1. The van der Waals surface area contributed by atoms with E-state index < -0.39 is 22.2 Å². The predicted molar refractivity (Wildman–Crippen MR) is 80.7 cm³/mol. The van der Waals surface area contributed by atoms with Gasteiger partial charge in [0.1, 0.15) is 10.8 Å². The van der Waals surface area contributed by atoms with Gasteiger partial charge in [-0.2, -0.15) is 21.6 Å². The Balaban J connectivity index is 1.95. The van der Waals surface area contributed by atoms with Crippen LogP contribution in [0, 0.1) is 0 Å². The highest BCUT2D eigenvalue weighted by Crippen LogP contribution is 2.35. The number of aromatic nitrogens is 1. The smallest absolute Gasteiger partial charge is 0.358 e. The molecule has 0 unspecified atom stereocenters. The maximum Gasteiger partial charge on any atom is 0.488 e. The molecule has 1 aromatic heterocycles. The molecule has 0 fully saturated rings. The van der Waals surface area contributed by atoms with Gasteiger partial charge in [-0.3, -0.25) is 0 Å². The summed E-state index contributed by atoms with van der Waals surface area (Å²) in [6, 6.07) is 8.59. The van der Waals surface area contributed by atoms with Crippen LogP contribution in [0.25, 0.3) is 20.8 Å². The number of hydrogen-bond donors (Lipinski definition) is 0. The summed E-state index contributed by atoms with van der Waals surface area (Å²) in [4.78, 5) is 4.15. The van der Waals surface area contributed by atoms with Crippen molar-refractivity contribution >= 4 is 32.1 Å². The van der Waals surface area contributed by atoms with Gasteiger partial charge in [0.25, 0.3) is 0 Å². The van der Waals surface area contributed by atoms with Gasteiger partial charge in [-0.25, -0.2) is 4.98 Å². The Morgan fingerprint density at radius 3 is 2.29 bits per heavy atom. The van der Waals surface area contributed by atoms with E-state index in [1.54, 1.807) is 0 Å². The van der Waals surface area contributed by atoms with Crippen LogP contribution in [0.15, 0.2) is 42.5 Å². The molecule has 0 spiro atoms. The fourth-order valence-electron chi connectivity index (χ4n) is 2.00. The molecule has 3 rings (SSSR count). The summed E-state index contributed by atoms with van der Waals surface area (Å²) >= 11 is 1.18. The number of fused-ring (bicyclic) bond motifs is 1. The van der Waals surface area contributed by atoms with E-state index in [1.807, 2.05) is 0 Å². The largest absolute Gasteiger partial charge is 0.488 e. The van der Waals surface area contributed by atoms with E-state index >= 15 is 0 Å². The summed E-state index contributed by atoms with van der Waals surface area (Å²) in [6.45, 7) is 0. The van der Waals surface area contributed by atoms with Crippen molar-refractivity contribution in [3.05, 3.63) is 48.0 Å².